The number of aromatic nitrogens is 3. The van der Waals surface area contributed by atoms with E-state index in [0.717, 1.165) is 32.5 Å². The molecule has 1 aromatic carbocycles. The topological polar surface area (TPSA) is 87.2 Å². The van der Waals surface area contributed by atoms with Crippen LogP contribution in [-0.2, 0) is 0 Å². The van der Waals surface area contributed by atoms with Crippen molar-refractivity contribution in [3.63, 3.8) is 0 Å². The largest absolute Gasteiger partial charge is 1.00 e. The molecule has 8 nitrogen and oxygen atoms in total. The molecule has 188 valence electrons. The van der Waals surface area contributed by atoms with Crippen molar-refractivity contribution in [2.45, 2.75) is 70.4 Å². The van der Waals surface area contributed by atoms with Gasteiger partial charge in [-0.3, -0.25) is 4.90 Å². The minimum atomic E-state index is -0.437. The minimum absolute atomic E-state index is 0. The quantitative estimate of drug-likeness (QED) is 0.457. The maximum atomic E-state index is 14.2. The first kappa shape index (κ1) is 26.2. The fourth-order valence-corrected chi connectivity index (χ4v) is 4.81. The van der Waals surface area contributed by atoms with E-state index < -0.39 is 5.82 Å². The van der Waals surface area contributed by atoms with Crippen molar-refractivity contribution in [1.29, 1.82) is 0 Å². The lowest BCUT2D eigenvalue weighted by Crippen LogP contribution is -3.00. The number of likely N-dealkylation sites (N-methyl/N-ethyl adjacent to an activating group) is 1. The zero-order chi connectivity index (χ0) is 23.0. The van der Waals surface area contributed by atoms with Crippen LogP contribution in [0.1, 0.15) is 59.7 Å². The van der Waals surface area contributed by atoms with Gasteiger partial charge >= 0.3 is 1.43 Å². The van der Waals surface area contributed by atoms with Gasteiger partial charge in [-0.2, -0.15) is 15.0 Å². The molecule has 0 spiro atoms. The van der Waals surface area contributed by atoms with Crippen LogP contribution in [0.3, 0.4) is 0 Å². The average Bonchev–Trinajstić information content (AvgIpc) is 3.12. The Morgan fingerprint density at radius 2 is 1.76 bits per heavy atom. The monoisotopic (exact) mass is 493 g/mol. The number of ether oxygens (including phenoxy) is 1. The number of likely N-dealkylation sites (tertiary alicyclic amines) is 1. The zero-order valence-electron chi connectivity index (χ0n) is 21.1. The molecule has 1 aromatic heterocycles. The van der Waals surface area contributed by atoms with Gasteiger partial charge in [-0.15, -0.1) is 0 Å². The third-order valence-corrected chi connectivity index (χ3v) is 6.63. The fraction of sp³-hybridized carbons (Fsp3) is 0.625. The first-order chi connectivity index (χ1) is 16.1. The van der Waals surface area contributed by atoms with Gasteiger partial charge in [0.05, 0.1) is 7.11 Å². The SMILES string of the molecule is CCN1CCCC1CNc1nc(Nc2ccc(OC)c(F)c2)nc(NC2CCCCCC2)n1.[Cl-].[H+]. The van der Waals surface area contributed by atoms with Crippen molar-refractivity contribution in [2.24, 2.45) is 0 Å². The maximum Gasteiger partial charge on any atom is 1.00 e. The molecular formula is C24H37ClFN7O. The van der Waals surface area contributed by atoms with Crippen molar-refractivity contribution in [3.05, 3.63) is 24.0 Å². The lowest BCUT2D eigenvalue weighted by Gasteiger charge is -2.23. The average molecular weight is 494 g/mol. The summed E-state index contributed by atoms with van der Waals surface area (Å²) in [5, 5.41) is 10.1. The summed E-state index contributed by atoms with van der Waals surface area (Å²) in [4.78, 5) is 16.3. The summed E-state index contributed by atoms with van der Waals surface area (Å²) in [7, 11) is 1.45. The summed E-state index contributed by atoms with van der Waals surface area (Å²) in [5.41, 5.74) is 0.554. The van der Waals surface area contributed by atoms with Gasteiger partial charge in [0.25, 0.3) is 0 Å². The summed E-state index contributed by atoms with van der Waals surface area (Å²) in [6, 6.07) is 5.56. The number of methoxy groups -OCH3 is 1. The number of nitrogens with one attached hydrogen (secondary N) is 3. The van der Waals surface area contributed by atoms with Crippen LogP contribution in [0.5, 0.6) is 5.75 Å². The second-order valence-electron chi connectivity index (χ2n) is 8.92. The van der Waals surface area contributed by atoms with E-state index in [4.69, 9.17) is 4.74 Å². The molecule has 0 radical (unpaired) electrons. The number of benzene rings is 1. The molecule has 2 fully saturated rings. The van der Waals surface area contributed by atoms with Gasteiger partial charge in [0.1, 0.15) is 0 Å². The Kier molecular flexibility index (Phi) is 9.95. The Bertz CT molecular complexity index is 917. The predicted octanol–water partition coefficient (Wildman–Crippen LogP) is 1.91. The van der Waals surface area contributed by atoms with Crippen molar-refractivity contribution in [3.8, 4) is 5.75 Å². The van der Waals surface area contributed by atoms with E-state index in [2.05, 4.69) is 42.7 Å². The van der Waals surface area contributed by atoms with Gasteiger partial charge in [-0.05, 0) is 50.9 Å². The van der Waals surface area contributed by atoms with E-state index in [0.29, 0.717) is 35.6 Å². The van der Waals surface area contributed by atoms with E-state index in [1.807, 2.05) is 0 Å². The molecule has 10 heteroatoms. The molecule has 1 aliphatic carbocycles. The Balaban J connectivity index is 0.00000216. The normalized spacial score (nSPS) is 19.2. The van der Waals surface area contributed by atoms with Crippen LogP contribution in [0, 0.1) is 5.82 Å². The molecule has 1 unspecified atom stereocenters. The Morgan fingerprint density at radius 1 is 1.03 bits per heavy atom. The molecule has 4 rings (SSSR count). The highest BCUT2D eigenvalue weighted by Gasteiger charge is 2.23. The zero-order valence-corrected chi connectivity index (χ0v) is 20.9. The van der Waals surface area contributed by atoms with Crippen molar-refractivity contribution >= 4 is 23.5 Å². The predicted molar refractivity (Wildman–Crippen MR) is 131 cm³/mol. The summed E-state index contributed by atoms with van der Waals surface area (Å²) in [6.07, 6.45) is 9.65. The number of anilines is 4. The standard InChI is InChI=1S/C24H36FN7O.ClH/c1-3-32-14-8-11-19(32)16-26-22-29-23(27-17-9-6-4-5-7-10-17)31-24(30-22)28-18-12-13-21(33-2)20(25)15-18;/h12-13,15,17,19H,3-11,14,16H2,1-2H3,(H3,26,27,28,29,30,31);1H. The summed E-state index contributed by atoms with van der Waals surface area (Å²) in [6.45, 7) is 5.18. The Morgan fingerprint density at radius 3 is 2.47 bits per heavy atom. The third-order valence-electron chi connectivity index (χ3n) is 6.63. The summed E-state index contributed by atoms with van der Waals surface area (Å²) >= 11 is 0. The molecule has 2 aromatic rings. The van der Waals surface area contributed by atoms with Crippen LogP contribution in [0.4, 0.5) is 27.9 Å². The van der Waals surface area contributed by atoms with Crippen LogP contribution in [-0.4, -0.2) is 58.7 Å². The molecule has 0 bridgehead atoms. The van der Waals surface area contributed by atoms with Gasteiger partial charge in [0.15, 0.2) is 11.6 Å². The smallest absolute Gasteiger partial charge is 1.00 e. The number of halogens is 2. The molecule has 1 saturated heterocycles. The molecule has 34 heavy (non-hydrogen) atoms. The molecule has 0 amide bonds. The van der Waals surface area contributed by atoms with Gasteiger partial charge in [-0.25, -0.2) is 4.39 Å². The van der Waals surface area contributed by atoms with Crippen LogP contribution in [0.25, 0.3) is 0 Å². The fourth-order valence-electron chi connectivity index (χ4n) is 4.81. The van der Waals surface area contributed by atoms with E-state index in [1.165, 1.54) is 51.7 Å². The molecule has 1 aliphatic heterocycles. The first-order valence-electron chi connectivity index (χ1n) is 12.3. The molecule has 1 saturated carbocycles. The Labute approximate surface area is 209 Å². The highest BCUT2D eigenvalue weighted by molar-refractivity contribution is 5.57. The lowest BCUT2D eigenvalue weighted by molar-refractivity contribution is -0.00000807. The number of hydrogen-bond acceptors (Lipinski definition) is 8. The molecule has 2 heterocycles. The van der Waals surface area contributed by atoms with Gasteiger partial charge in [0, 0.05) is 30.4 Å². The van der Waals surface area contributed by atoms with Crippen LogP contribution in [0.15, 0.2) is 18.2 Å². The van der Waals surface area contributed by atoms with Crippen LogP contribution in [0.2, 0.25) is 0 Å². The van der Waals surface area contributed by atoms with Crippen molar-refractivity contribution in [1.82, 2.24) is 19.9 Å². The number of rotatable bonds is 9. The van der Waals surface area contributed by atoms with E-state index in [9.17, 15) is 4.39 Å². The minimum Gasteiger partial charge on any atom is -1.00 e. The second-order valence-corrected chi connectivity index (χ2v) is 8.92. The number of nitrogens with zero attached hydrogens (tertiary/aromatic N) is 4. The van der Waals surface area contributed by atoms with Crippen LogP contribution < -0.4 is 33.1 Å². The number of hydrogen-bond donors (Lipinski definition) is 3. The highest BCUT2D eigenvalue weighted by Crippen LogP contribution is 2.25. The third kappa shape index (κ3) is 7.06. The first-order valence-corrected chi connectivity index (χ1v) is 12.3. The summed E-state index contributed by atoms with van der Waals surface area (Å²) < 4.78 is 19.2. The maximum absolute atomic E-state index is 14.2. The van der Waals surface area contributed by atoms with E-state index in [-0.39, 0.29) is 19.6 Å². The lowest BCUT2D eigenvalue weighted by atomic mass is 10.1. The molecule has 2 aliphatic rings. The van der Waals surface area contributed by atoms with Gasteiger partial charge in [0.2, 0.25) is 17.8 Å². The van der Waals surface area contributed by atoms with Gasteiger partial charge < -0.3 is 33.1 Å². The van der Waals surface area contributed by atoms with Crippen LogP contribution >= 0.6 is 0 Å². The Hall–Kier alpha value is -2.39. The molecule has 3 N–H and O–H groups in total. The van der Waals surface area contributed by atoms with Gasteiger partial charge in [-0.1, -0.05) is 32.6 Å². The second kappa shape index (κ2) is 12.9. The van der Waals surface area contributed by atoms with Crippen molar-refractivity contribution in [2.75, 3.05) is 42.7 Å². The van der Waals surface area contributed by atoms with Crippen molar-refractivity contribution < 1.29 is 23.0 Å². The highest BCUT2D eigenvalue weighted by atomic mass is 35.5. The molecule has 1 atom stereocenters. The summed E-state index contributed by atoms with van der Waals surface area (Å²) in [5.74, 6) is 1.22. The van der Waals surface area contributed by atoms with E-state index >= 15 is 0 Å². The molecular weight excluding hydrogens is 457 g/mol. The van der Waals surface area contributed by atoms with E-state index in [1.54, 1.807) is 12.1 Å².